The first-order valence-corrected chi connectivity index (χ1v) is 5.89. The number of rotatable bonds is 2. The van der Waals surface area contributed by atoms with Crippen LogP contribution in [0.4, 0.5) is 0 Å². The molecule has 0 saturated heterocycles. The summed E-state index contributed by atoms with van der Waals surface area (Å²) in [5, 5.41) is 1.23. The number of fused-ring (bicyclic) bond motifs is 1. The van der Waals surface area contributed by atoms with Crippen LogP contribution in [0.5, 0.6) is 0 Å². The Labute approximate surface area is 96.7 Å². The van der Waals surface area contributed by atoms with Crippen LogP contribution in [-0.2, 0) is 0 Å². The van der Waals surface area contributed by atoms with Gasteiger partial charge in [0.05, 0.1) is 6.20 Å². The van der Waals surface area contributed by atoms with Crippen molar-refractivity contribution in [2.75, 3.05) is 0 Å². The highest BCUT2D eigenvalue weighted by molar-refractivity contribution is 5.82. The van der Waals surface area contributed by atoms with Crippen molar-refractivity contribution in [3.8, 4) is 0 Å². The summed E-state index contributed by atoms with van der Waals surface area (Å²) in [7, 11) is 0. The molecule has 16 heavy (non-hydrogen) atoms. The average Bonchev–Trinajstić information content (AvgIpc) is 2.51. The summed E-state index contributed by atoms with van der Waals surface area (Å²) >= 11 is 0. The lowest BCUT2D eigenvalue weighted by Crippen LogP contribution is -1.93. The van der Waals surface area contributed by atoms with Gasteiger partial charge in [-0.05, 0) is 24.8 Å². The van der Waals surface area contributed by atoms with Gasteiger partial charge < -0.3 is 4.42 Å². The molecule has 0 aromatic carbocycles. The second-order valence-corrected chi connectivity index (χ2v) is 4.99. The molecule has 0 saturated carbocycles. The highest BCUT2D eigenvalue weighted by Gasteiger charge is 2.15. The molecular formula is C14H19NO. The number of pyridine rings is 1. The molecule has 2 heteroatoms. The van der Waals surface area contributed by atoms with Gasteiger partial charge in [0.2, 0.25) is 0 Å². The number of aromatic nitrogens is 1. The van der Waals surface area contributed by atoms with Crippen LogP contribution in [0.25, 0.3) is 11.0 Å². The Balaban J connectivity index is 2.69. The van der Waals surface area contributed by atoms with Crippen molar-refractivity contribution in [3.05, 3.63) is 29.3 Å². The van der Waals surface area contributed by atoms with Crippen molar-refractivity contribution >= 4 is 11.0 Å². The van der Waals surface area contributed by atoms with Crippen LogP contribution in [0.15, 0.2) is 16.7 Å². The SMILES string of the molecule is Cc1oc2cnc(C(C)C)cc2c1C(C)C. The highest BCUT2D eigenvalue weighted by Crippen LogP contribution is 2.32. The van der Waals surface area contributed by atoms with Crippen LogP contribution in [0, 0.1) is 6.92 Å². The Morgan fingerprint density at radius 3 is 2.38 bits per heavy atom. The fourth-order valence-corrected chi connectivity index (χ4v) is 2.19. The van der Waals surface area contributed by atoms with E-state index in [9.17, 15) is 0 Å². The third-order valence-corrected chi connectivity index (χ3v) is 2.99. The molecule has 0 atom stereocenters. The van der Waals surface area contributed by atoms with Crippen LogP contribution >= 0.6 is 0 Å². The molecule has 2 aromatic rings. The van der Waals surface area contributed by atoms with Crippen molar-refractivity contribution in [2.24, 2.45) is 0 Å². The Kier molecular flexibility index (Phi) is 2.75. The Morgan fingerprint density at radius 2 is 1.81 bits per heavy atom. The molecule has 86 valence electrons. The van der Waals surface area contributed by atoms with Gasteiger partial charge in [-0.2, -0.15) is 0 Å². The van der Waals surface area contributed by atoms with Gasteiger partial charge in [-0.15, -0.1) is 0 Å². The summed E-state index contributed by atoms with van der Waals surface area (Å²) in [6.45, 7) is 10.8. The van der Waals surface area contributed by atoms with E-state index in [1.54, 1.807) is 0 Å². The molecule has 0 spiro atoms. The van der Waals surface area contributed by atoms with Crippen LogP contribution in [0.2, 0.25) is 0 Å². The lowest BCUT2D eigenvalue weighted by atomic mass is 9.99. The minimum atomic E-state index is 0.458. The fourth-order valence-electron chi connectivity index (χ4n) is 2.19. The smallest absolute Gasteiger partial charge is 0.152 e. The number of hydrogen-bond donors (Lipinski definition) is 0. The number of aryl methyl sites for hydroxylation is 1. The van der Waals surface area contributed by atoms with E-state index < -0.39 is 0 Å². The van der Waals surface area contributed by atoms with Gasteiger partial charge in [0.15, 0.2) is 5.58 Å². The zero-order chi connectivity index (χ0) is 11.9. The largest absolute Gasteiger partial charge is 0.459 e. The minimum absolute atomic E-state index is 0.458. The average molecular weight is 217 g/mol. The van der Waals surface area contributed by atoms with Crippen molar-refractivity contribution in [1.82, 2.24) is 4.98 Å². The van der Waals surface area contributed by atoms with Crippen molar-refractivity contribution in [2.45, 2.75) is 46.5 Å². The van der Waals surface area contributed by atoms with E-state index in [1.165, 1.54) is 10.9 Å². The molecular weight excluding hydrogens is 198 g/mol. The molecule has 0 amide bonds. The van der Waals surface area contributed by atoms with E-state index in [0.29, 0.717) is 11.8 Å². The van der Waals surface area contributed by atoms with Gasteiger partial charge in [-0.25, -0.2) is 0 Å². The van der Waals surface area contributed by atoms with Crippen molar-refractivity contribution < 1.29 is 4.42 Å². The van der Waals surface area contributed by atoms with E-state index in [2.05, 4.69) is 38.7 Å². The maximum Gasteiger partial charge on any atom is 0.152 e. The predicted octanol–water partition coefficient (Wildman–Crippen LogP) is 4.38. The van der Waals surface area contributed by atoms with Crippen LogP contribution < -0.4 is 0 Å². The fraction of sp³-hybridized carbons (Fsp3) is 0.500. The quantitative estimate of drug-likeness (QED) is 0.746. The van der Waals surface area contributed by atoms with Gasteiger partial charge in [0.25, 0.3) is 0 Å². The zero-order valence-electron chi connectivity index (χ0n) is 10.7. The molecule has 2 heterocycles. The third-order valence-electron chi connectivity index (χ3n) is 2.99. The number of hydrogen-bond acceptors (Lipinski definition) is 2. The van der Waals surface area contributed by atoms with E-state index >= 15 is 0 Å². The second-order valence-electron chi connectivity index (χ2n) is 4.99. The summed E-state index contributed by atoms with van der Waals surface area (Å²) in [6.07, 6.45) is 1.85. The van der Waals surface area contributed by atoms with Gasteiger partial charge in [0.1, 0.15) is 5.76 Å². The van der Waals surface area contributed by atoms with Gasteiger partial charge >= 0.3 is 0 Å². The van der Waals surface area contributed by atoms with Crippen molar-refractivity contribution in [3.63, 3.8) is 0 Å². The number of furan rings is 1. The third kappa shape index (κ3) is 1.73. The van der Waals surface area contributed by atoms with Crippen molar-refractivity contribution in [1.29, 1.82) is 0 Å². The summed E-state index contributed by atoms with van der Waals surface area (Å²) in [6, 6.07) is 2.17. The molecule has 0 bridgehead atoms. The molecule has 2 nitrogen and oxygen atoms in total. The first-order chi connectivity index (χ1) is 7.50. The van der Waals surface area contributed by atoms with Crippen LogP contribution in [0.3, 0.4) is 0 Å². The molecule has 0 aliphatic carbocycles. The van der Waals surface area contributed by atoms with Gasteiger partial charge in [-0.1, -0.05) is 27.7 Å². The van der Waals surface area contributed by atoms with E-state index in [1.807, 2.05) is 13.1 Å². The molecule has 0 radical (unpaired) electrons. The Bertz CT molecular complexity index is 509. The molecule has 0 unspecified atom stereocenters. The van der Waals surface area contributed by atoms with E-state index in [4.69, 9.17) is 4.42 Å². The molecule has 0 aliphatic rings. The summed E-state index contributed by atoms with van der Waals surface area (Å²) in [5.74, 6) is 1.97. The van der Waals surface area contributed by atoms with E-state index in [-0.39, 0.29) is 0 Å². The molecule has 2 rings (SSSR count). The minimum Gasteiger partial charge on any atom is -0.459 e. The summed E-state index contributed by atoms with van der Waals surface area (Å²) in [5.41, 5.74) is 3.36. The molecule has 0 fully saturated rings. The first-order valence-electron chi connectivity index (χ1n) is 5.89. The van der Waals surface area contributed by atoms with Gasteiger partial charge in [-0.3, -0.25) is 4.98 Å². The maximum atomic E-state index is 5.73. The molecule has 0 N–H and O–H groups in total. The van der Waals surface area contributed by atoms with Gasteiger partial charge in [0, 0.05) is 16.6 Å². The second kappa shape index (κ2) is 3.93. The van der Waals surface area contributed by atoms with Crippen LogP contribution in [-0.4, -0.2) is 4.98 Å². The molecule has 2 aromatic heterocycles. The van der Waals surface area contributed by atoms with E-state index in [0.717, 1.165) is 17.0 Å². The zero-order valence-corrected chi connectivity index (χ0v) is 10.7. The lowest BCUT2D eigenvalue weighted by molar-refractivity contribution is 0.566. The maximum absolute atomic E-state index is 5.73. The topological polar surface area (TPSA) is 26.0 Å². The predicted molar refractivity (Wildman–Crippen MR) is 66.9 cm³/mol. The standard InChI is InChI=1S/C14H19NO/c1-8(2)12-6-11-13(7-15-12)16-10(5)14(11)9(3)4/h6-9H,1-5H3. The number of nitrogens with zero attached hydrogens (tertiary/aromatic N) is 1. The molecule has 0 aliphatic heterocycles. The monoisotopic (exact) mass is 217 g/mol. The summed E-state index contributed by atoms with van der Waals surface area (Å²) in [4.78, 5) is 4.43. The highest BCUT2D eigenvalue weighted by atomic mass is 16.3. The Morgan fingerprint density at radius 1 is 1.12 bits per heavy atom. The Hall–Kier alpha value is -1.31. The summed E-state index contributed by atoms with van der Waals surface area (Å²) < 4.78 is 5.73. The normalized spacial score (nSPS) is 11.9. The first kappa shape index (κ1) is 11.2. The lowest BCUT2D eigenvalue weighted by Gasteiger charge is -2.06. The van der Waals surface area contributed by atoms with Crippen LogP contribution in [0.1, 0.15) is 56.5 Å².